The van der Waals surface area contributed by atoms with E-state index in [1.165, 1.54) is 24.9 Å². The van der Waals surface area contributed by atoms with Crippen LogP contribution in [0.5, 0.6) is 0 Å². The summed E-state index contributed by atoms with van der Waals surface area (Å²) in [7, 11) is 1.52. The number of Topliss-reactive ketones (excluding diaryl/α,β-unsaturated/α-hetero) is 1. The van der Waals surface area contributed by atoms with Crippen molar-refractivity contribution in [3.05, 3.63) is 59.4 Å². The smallest absolute Gasteiger partial charge is 0.408 e. The second-order valence-corrected chi connectivity index (χ2v) is 9.13. The maximum Gasteiger partial charge on any atom is 0.408 e. The van der Waals surface area contributed by atoms with Crippen LogP contribution in [0.25, 0.3) is 0 Å². The molecule has 3 amide bonds. The Labute approximate surface area is 190 Å². The van der Waals surface area contributed by atoms with E-state index in [2.05, 4.69) is 5.32 Å². The van der Waals surface area contributed by atoms with Crippen LogP contribution in [-0.4, -0.2) is 42.4 Å². The molecule has 0 saturated heterocycles. The molecule has 0 aromatic heterocycles. The van der Waals surface area contributed by atoms with Gasteiger partial charge in [0, 0.05) is 30.8 Å². The Kier molecular flexibility index (Phi) is 5.03. The van der Waals surface area contributed by atoms with E-state index < -0.39 is 46.7 Å². The summed E-state index contributed by atoms with van der Waals surface area (Å²) in [5.41, 5.74) is -1.93. The van der Waals surface area contributed by atoms with Gasteiger partial charge in [-0.25, -0.2) is 9.18 Å². The first-order chi connectivity index (χ1) is 15.4. The molecular formula is C24H24FN3O5. The number of likely N-dealkylation sites (N-methyl/N-ethyl adjacent to an activating group) is 1. The Morgan fingerprint density at radius 2 is 1.76 bits per heavy atom. The number of carbonyl (C=O) groups excluding carboxylic acids is 4. The number of nitrogens with one attached hydrogen (secondary N) is 1. The minimum atomic E-state index is -1.98. The molecule has 33 heavy (non-hydrogen) atoms. The number of halogens is 1. The molecule has 8 nitrogen and oxygen atoms in total. The van der Waals surface area contributed by atoms with Gasteiger partial charge in [0.2, 0.25) is 5.91 Å². The van der Waals surface area contributed by atoms with Gasteiger partial charge in [-0.15, -0.1) is 0 Å². The van der Waals surface area contributed by atoms with Crippen LogP contribution >= 0.6 is 0 Å². The predicted octanol–water partition coefficient (Wildman–Crippen LogP) is 3.14. The van der Waals surface area contributed by atoms with E-state index in [9.17, 15) is 23.6 Å². The summed E-state index contributed by atoms with van der Waals surface area (Å²) >= 11 is 0. The molecule has 4 rings (SSSR count). The maximum absolute atomic E-state index is 14.0. The number of hydrogen-bond donors (Lipinski definition) is 1. The fourth-order valence-corrected chi connectivity index (χ4v) is 4.57. The van der Waals surface area contributed by atoms with Crippen LogP contribution in [0.3, 0.4) is 0 Å². The minimum Gasteiger partial charge on any atom is -0.444 e. The summed E-state index contributed by atoms with van der Waals surface area (Å²) in [6.07, 6.45) is -0.931. The molecule has 2 heterocycles. The van der Waals surface area contributed by atoms with Gasteiger partial charge in [0.25, 0.3) is 5.91 Å². The number of anilines is 2. The van der Waals surface area contributed by atoms with E-state index in [0.29, 0.717) is 11.3 Å². The topological polar surface area (TPSA) is 96.0 Å². The van der Waals surface area contributed by atoms with Gasteiger partial charge in [-0.1, -0.05) is 18.2 Å². The van der Waals surface area contributed by atoms with Crippen molar-refractivity contribution in [3.8, 4) is 0 Å². The normalized spacial score (nSPS) is 21.7. The van der Waals surface area contributed by atoms with E-state index in [1.807, 2.05) is 0 Å². The van der Waals surface area contributed by atoms with Crippen LogP contribution in [-0.2, 0) is 19.9 Å². The first-order valence-electron chi connectivity index (χ1n) is 10.4. The van der Waals surface area contributed by atoms with Crippen LogP contribution < -0.4 is 15.1 Å². The number of nitrogens with zero attached hydrogens (tertiary/aromatic N) is 2. The number of ketones is 1. The van der Waals surface area contributed by atoms with Crippen molar-refractivity contribution in [1.82, 2.24) is 5.32 Å². The minimum absolute atomic E-state index is 0.0413. The molecule has 2 aliphatic rings. The SMILES string of the molecule is CC(=O)N1c2ccc(F)cc2C(=O)C1[C@]1(NC(=O)OC(C)(C)C)C(=O)N(C)c2ccccc21. The molecule has 0 bridgehead atoms. The molecule has 1 unspecified atom stereocenters. The van der Waals surface area contributed by atoms with Crippen LogP contribution in [0.1, 0.15) is 43.6 Å². The zero-order valence-corrected chi connectivity index (χ0v) is 18.9. The lowest BCUT2D eigenvalue weighted by molar-refractivity contribution is -0.125. The van der Waals surface area contributed by atoms with Crippen LogP contribution in [0.4, 0.5) is 20.6 Å². The highest BCUT2D eigenvalue weighted by Gasteiger charge is 2.63. The van der Waals surface area contributed by atoms with Crippen LogP contribution in [0, 0.1) is 5.82 Å². The van der Waals surface area contributed by atoms with Crippen LogP contribution in [0.15, 0.2) is 42.5 Å². The lowest BCUT2D eigenvalue weighted by atomic mass is 9.81. The standard InChI is InChI=1S/C24H24FN3O5/c1-13(29)28-17-11-10-14(25)12-15(17)19(30)20(28)24(26-22(32)33-23(2,3)4)16-8-6-7-9-18(16)27(5)21(24)31/h6-12,20H,1-5H3,(H,26,32)/t20?,24-/m0/s1. The van der Waals surface area contributed by atoms with E-state index in [-0.39, 0.29) is 11.3 Å². The van der Waals surface area contributed by atoms with Gasteiger partial charge in [0.05, 0.1) is 5.69 Å². The number of benzene rings is 2. The largest absolute Gasteiger partial charge is 0.444 e. The van der Waals surface area contributed by atoms with Crippen LogP contribution in [0.2, 0.25) is 0 Å². The van der Waals surface area contributed by atoms with Crippen molar-refractivity contribution in [3.63, 3.8) is 0 Å². The van der Waals surface area contributed by atoms with Crippen molar-refractivity contribution in [2.45, 2.75) is 44.9 Å². The second kappa shape index (κ2) is 7.40. The summed E-state index contributed by atoms with van der Waals surface area (Å²) in [4.78, 5) is 55.7. The molecule has 2 aromatic rings. The molecule has 2 aromatic carbocycles. The van der Waals surface area contributed by atoms with Crippen molar-refractivity contribution in [2.75, 3.05) is 16.8 Å². The highest BCUT2D eigenvalue weighted by molar-refractivity contribution is 6.23. The number of ether oxygens (including phenoxy) is 1. The van der Waals surface area contributed by atoms with Crippen molar-refractivity contribution in [2.24, 2.45) is 0 Å². The Morgan fingerprint density at radius 1 is 1.09 bits per heavy atom. The molecular weight excluding hydrogens is 429 g/mol. The molecule has 0 fully saturated rings. The molecule has 0 saturated carbocycles. The summed E-state index contributed by atoms with van der Waals surface area (Å²) < 4.78 is 19.4. The third-order valence-electron chi connectivity index (χ3n) is 5.77. The van der Waals surface area contributed by atoms with Gasteiger partial charge < -0.3 is 15.0 Å². The predicted molar refractivity (Wildman–Crippen MR) is 119 cm³/mol. The first-order valence-corrected chi connectivity index (χ1v) is 10.4. The lowest BCUT2D eigenvalue weighted by Crippen LogP contribution is -2.66. The quantitative estimate of drug-likeness (QED) is 0.754. The van der Waals surface area contributed by atoms with E-state index in [1.54, 1.807) is 45.0 Å². The van der Waals surface area contributed by atoms with E-state index in [4.69, 9.17) is 4.74 Å². The third kappa shape index (κ3) is 3.35. The Bertz CT molecular complexity index is 1200. The molecule has 0 spiro atoms. The van der Waals surface area contributed by atoms with Crippen molar-refractivity contribution >= 4 is 35.1 Å². The maximum atomic E-state index is 14.0. The molecule has 2 atom stereocenters. The number of hydrogen-bond acceptors (Lipinski definition) is 5. The fraction of sp³-hybridized carbons (Fsp3) is 0.333. The summed E-state index contributed by atoms with van der Waals surface area (Å²) in [6, 6.07) is 8.69. The van der Waals surface area contributed by atoms with Crippen molar-refractivity contribution in [1.29, 1.82) is 0 Å². The number of amides is 3. The third-order valence-corrected chi connectivity index (χ3v) is 5.77. The number of fused-ring (bicyclic) bond motifs is 2. The van der Waals surface area contributed by atoms with Gasteiger partial charge in [-0.05, 0) is 45.0 Å². The summed E-state index contributed by atoms with van der Waals surface area (Å²) in [5.74, 6) is -2.47. The molecule has 0 aliphatic carbocycles. The molecule has 0 radical (unpaired) electrons. The Hall–Kier alpha value is -3.75. The average Bonchev–Trinajstić information content (AvgIpc) is 3.12. The Balaban J connectivity index is 1.97. The van der Waals surface area contributed by atoms with Gasteiger partial charge >= 0.3 is 6.09 Å². The van der Waals surface area contributed by atoms with E-state index in [0.717, 1.165) is 17.0 Å². The molecule has 9 heteroatoms. The monoisotopic (exact) mass is 453 g/mol. The molecule has 2 aliphatic heterocycles. The zero-order valence-electron chi connectivity index (χ0n) is 18.9. The van der Waals surface area contributed by atoms with Gasteiger partial charge in [-0.2, -0.15) is 0 Å². The van der Waals surface area contributed by atoms with Gasteiger partial charge in [0.1, 0.15) is 17.5 Å². The van der Waals surface area contributed by atoms with Gasteiger partial charge in [0.15, 0.2) is 11.3 Å². The average molecular weight is 453 g/mol. The highest BCUT2D eigenvalue weighted by atomic mass is 19.1. The van der Waals surface area contributed by atoms with Crippen molar-refractivity contribution < 1.29 is 28.3 Å². The van der Waals surface area contributed by atoms with E-state index >= 15 is 0 Å². The van der Waals surface area contributed by atoms with Gasteiger partial charge in [-0.3, -0.25) is 19.3 Å². The number of para-hydroxylation sites is 1. The fourth-order valence-electron chi connectivity index (χ4n) is 4.57. The second-order valence-electron chi connectivity index (χ2n) is 9.13. The number of alkyl carbamates (subject to hydrolysis) is 1. The zero-order chi connectivity index (χ0) is 24.3. The first kappa shape index (κ1) is 22.4. The Morgan fingerprint density at radius 3 is 2.39 bits per heavy atom. The number of rotatable bonds is 2. The molecule has 172 valence electrons. The summed E-state index contributed by atoms with van der Waals surface area (Å²) in [6.45, 7) is 6.24. The summed E-state index contributed by atoms with van der Waals surface area (Å²) in [5, 5.41) is 2.63. The highest BCUT2D eigenvalue weighted by Crippen LogP contribution is 2.48. The lowest BCUT2D eigenvalue weighted by Gasteiger charge is -2.38. The molecule has 1 N–H and O–H groups in total. The number of carbonyl (C=O) groups is 4.